The molecule has 116 valence electrons. The van der Waals surface area contributed by atoms with Crippen LogP contribution in [-0.4, -0.2) is 29.2 Å². The average molecular weight is 293 g/mol. The summed E-state index contributed by atoms with van der Waals surface area (Å²) in [5.41, 5.74) is 5.09. The molecular weight excluding hydrogens is 270 g/mol. The molecule has 1 unspecified atom stereocenters. The van der Waals surface area contributed by atoms with E-state index in [-0.39, 0.29) is 6.61 Å². The van der Waals surface area contributed by atoms with Gasteiger partial charge in [0.05, 0.1) is 12.1 Å². The normalized spacial score (nSPS) is 12.5. The van der Waals surface area contributed by atoms with Gasteiger partial charge in [0.25, 0.3) is 0 Å². The molecule has 0 saturated carbocycles. The Morgan fingerprint density at radius 1 is 1.24 bits per heavy atom. The van der Waals surface area contributed by atoms with E-state index in [1.807, 2.05) is 19.9 Å². The molecule has 1 aromatic carbocycles. The van der Waals surface area contributed by atoms with Gasteiger partial charge in [0.2, 0.25) is 5.91 Å². The van der Waals surface area contributed by atoms with Crippen LogP contribution in [0.15, 0.2) is 30.3 Å². The minimum absolute atomic E-state index is 0.163. The third-order valence-electron chi connectivity index (χ3n) is 3.73. The first-order chi connectivity index (χ1) is 9.98. The number of rotatable bonds is 7. The standard InChI is InChI=1S/C15H23N3O3/c1-3-15(4-2,10-19)18-13(20)12(17-14(16)21)11-8-6-5-7-9-11/h5-9,12,19H,3-4,10H2,1-2H3,(H,18,20)(H3,16,17,21). The van der Waals surface area contributed by atoms with Crippen LogP contribution in [0.1, 0.15) is 38.3 Å². The van der Waals surface area contributed by atoms with E-state index in [9.17, 15) is 14.7 Å². The summed E-state index contributed by atoms with van der Waals surface area (Å²) in [6, 6.07) is 7.18. The van der Waals surface area contributed by atoms with E-state index in [1.54, 1.807) is 24.3 Å². The van der Waals surface area contributed by atoms with Crippen LogP contribution in [0.25, 0.3) is 0 Å². The molecule has 0 aliphatic heterocycles. The van der Waals surface area contributed by atoms with Crippen molar-refractivity contribution in [3.63, 3.8) is 0 Å². The van der Waals surface area contributed by atoms with Crippen molar-refractivity contribution in [3.8, 4) is 0 Å². The topological polar surface area (TPSA) is 104 Å². The molecule has 0 bridgehead atoms. The smallest absolute Gasteiger partial charge is 0.313 e. The Balaban J connectivity index is 2.98. The van der Waals surface area contributed by atoms with Gasteiger partial charge in [-0.2, -0.15) is 0 Å². The Morgan fingerprint density at radius 3 is 2.24 bits per heavy atom. The lowest BCUT2D eigenvalue weighted by Crippen LogP contribution is -2.54. The van der Waals surface area contributed by atoms with Crippen molar-refractivity contribution in [2.75, 3.05) is 6.61 Å². The molecule has 0 spiro atoms. The quantitative estimate of drug-likeness (QED) is 0.604. The first-order valence-corrected chi connectivity index (χ1v) is 7.01. The Labute approximate surface area is 124 Å². The molecule has 6 heteroatoms. The number of benzene rings is 1. The van der Waals surface area contributed by atoms with Crippen LogP contribution in [0.2, 0.25) is 0 Å². The van der Waals surface area contributed by atoms with Gasteiger partial charge in [-0.15, -0.1) is 0 Å². The fourth-order valence-corrected chi connectivity index (χ4v) is 2.11. The summed E-state index contributed by atoms with van der Waals surface area (Å²) in [7, 11) is 0. The minimum atomic E-state index is -0.882. The van der Waals surface area contributed by atoms with E-state index in [0.29, 0.717) is 18.4 Å². The molecular formula is C15H23N3O3. The monoisotopic (exact) mass is 293 g/mol. The van der Waals surface area contributed by atoms with E-state index < -0.39 is 23.5 Å². The molecule has 3 amide bonds. The lowest BCUT2D eigenvalue weighted by molar-refractivity contribution is -0.125. The van der Waals surface area contributed by atoms with E-state index in [2.05, 4.69) is 10.6 Å². The third kappa shape index (κ3) is 4.46. The number of aliphatic hydroxyl groups excluding tert-OH is 1. The van der Waals surface area contributed by atoms with E-state index in [1.165, 1.54) is 0 Å². The van der Waals surface area contributed by atoms with Gasteiger partial charge < -0.3 is 21.5 Å². The zero-order chi connectivity index (χ0) is 15.9. The molecule has 21 heavy (non-hydrogen) atoms. The largest absolute Gasteiger partial charge is 0.394 e. The zero-order valence-corrected chi connectivity index (χ0v) is 12.4. The highest BCUT2D eigenvalue weighted by Crippen LogP contribution is 2.18. The summed E-state index contributed by atoms with van der Waals surface area (Å²) in [4.78, 5) is 23.6. The zero-order valence-electron chi connectivity index (χ0n) is 12.4. The molecule has 0 saturated heterocycles. The van der Waals surface area contributed by atoms with Gasteiger partial charge in [-0.1, -0.05) is 44.2 Å². The average Bonchev–Trinajstić information content (AvgIpc) is 2.51. The number of carbonyl (C=O) groups is 2. The van der Waals surface area contributed by atoms with Crippen molar-refractivity contribution in [1.29, 1.82) is 0 Å². The van der Waals surface area contributed by atoms with Gasteiger partial charge in [-0.05, 0) is 18.4 Å². The molecule has 1 atom stereocenters. The van der Waals surface area contributed by atoms with Crippen molar-refractivity contribution < 1.29 is 14.7 Å². The predicted octanol–water partition coefficient (Wildman–Crippen LogP) is 1.06. The number of hydrogen-bond donors (Lipinski definition) is 4. The van der Waals surface area contributed by atoms with Crippen molar-refractivity contribution >= 4 is 11.9 Å². The van der Waals surface area contributed by atoms with Gasteiger partial charge in [-0.3, -0.25) is 4.79 Å². The maximum Gasteiger partial charge on any atom is 0.313 e. The minimum Gasteiger partial charge on any atom is -0.394 e. The molecule has 0 heterocycles. The Bertz CT molecular complexity index is 464. The molecule has 1 aromatic rings. The van der Waals surface area contributed by atoms with E-state index in [0.717, 1.165) is 0 Å². The SMILES string of the molecule is CCC(CC)(CO)NC(=O)C(NC(N)=O)c1ccccc1. The van der Waals surface area contributed by atoms with Gasteiger partial charge in [0.15, 0.2) is 0 Å². The Kier molecular flexibility index (Phi) is 6.17. The Morgan fingerprint density at radius 2 is 1.81 bits per heavy atom. The van der Waals surface area contributed by atoms with Gasteiger partial charge in [0, 0.05) is 0 Å². The number of amides is 3. The van der Waals surface area contributed by atoms with Crippen molar-refractivity contribution in [3.05, 3.63) is 35.9 Å². The van der Waals surface area contributed by atoms with Crippen molar-refractivity contribution in [2.45, 2.75) is 38.3 Å². The lowest BCUT2D eigenvalue weighted by Gasteiger charge is -2.32. The first kappa shape index (κ1) is 17.0. The van der Waals surface area contributed by atoms with E-state index in [4.69, 9.17) is 5.73 Å². The summed E-state index contributed by atoms with van der Waals surface area (Å²) in [5.74, 6) is -0.391. The summed E-state index contributed by atoms with van der Waals surface area (Å²) >= 11 is 0. The molecule has 0 fully saturated rings. The summed E-state index contributed by atoms with van der Waals surface area (Å²) in [6.45, 7) is 3.61. The molecule has 6 nitrogen and oxygen atoms in total. The Hall–Kier alpha value is -2.08. The van der Waals surface area contributed by atoms with Crippen LogP contribution in [0.3, 0.4) is 0 Å². The maximum absolute atomic E-state index is 12.5. The molecule has 1 rings (SSSR count). The second kappa shape index (κ2) is 7.64. The number of aliphatic hydroxyl groups is 1. The lowest BCUT2D eigenvalue weighted by atomic mass is 9.93. The number of urea groups is 1. The highest BCUT2D eigenvalue weighted by atomic mass is 16.3. The highest BCUT2D eigenvalue weighted by molar-refractivity contribution is 5.88. The van der Waals surface area contributed by atoms with Crippen LogP contribution in [0.4, 0.5) is 4.79 Å². The number of hydrogen-bond acceptors (Lipinski definition) is 3. The predicted molar refractivity (Wildman–Crippen MR) is 80.4 cm³/mol. The second-order valence-corrected chi connectivity index (χ2v) is 4.99. The maximum atomic E-state index is 12.5. The van der Waals surface area contributed by atoms with Crippen LogP contribution < -0.4 is 16.4 Å². The van der Waals surface area contributed by atoms with E-state index >= 15 is 0 Å². The molecule has 0 radical (unpaired) electrons. The molecule has 0 aromatic heterocycles. The van der Waals surface area contributed by atoms with Gasteiger partial charge in [-0.25, -0.2) is 4.79 Å². The number of carbonyl (C=O) groups excluding carboxylic acids is 2. The number of nitrogens with two attached hydrogens (primary N) is 1. The van der Waals surface area contributed by atoms with Crippen LogP contribution in [0, 0.1) is 0 Å². The van der Waals surface area contributed by atoms with Gasteiger partial charge >= 0.3 is 6.03 Å². The van der Waals surface area contributed by atoms with Crippen LogP contribution in [-0.2, 0) is 4.79 Å². The second-order valence-electron chi connectivity index (χ2n) is 4.99. The molecule has 5 N–H and O–H groups in total. The fourth-order valence-electron chi connectivity index (χ4n) is 2.11. The third-order valence-corrected chi connectivity index (χ3v) is 3.73. The molecule has 0 aliphatic rings. The summed E-state index contributed by atoms with van der Waals surface area (Å²) in [6.07, 6.45) is 1.17. The van der Waals surface area contributed by atoms with Gasteiger partial charge in [0.1, 0.15) is 6.04 Å². The first-order valence-electron chi connectivity index (χ1n) is 7.01. The van der Waals surface area contributed by atoms with Crippen molar-refractivity contribution in [2.24, 2.45) is 5.73 Å². The van der Waals surface area contributed by atoms with Crippen LogP contribution in [0.5, 0.6) is 0 Å². The highest BCUT2D eigenvalue weighted by Gasteiger charge is 2.31. The number of nitrogens with one attached hydrogen (secondary N) is 2. The summed E-state index contributed by atoms with van der Waals surface area (Å²) < 4.78 is 0. The summed E-state index contributed by atoms with van der Waals surface area (Å²) in [5, 5.41) is 14.8. The number of primary amides is 1. The van der Waals surface area contributed by atoms with Crippen molar-refractivity contribution in [1.82, 2.24) is 10.6 Å². The van der Waals surface area contributed by atoms with Crippen LogP contribution >= 0.6 is 0 Å². The molecule has 0 aliphatic carbocycles. The fraction of sp³-hybridized carbons (Fsp3) is 0.467.